The van der Waals surface area contributed by atoms with Crippen molar-refractivity contribution in [2.75, 3.05) is 28.6 Å². The molecule has 2 aliphatic heterocycles. The van der Waals surface area contributed by atoms with Crippen molar-refractivity contribution in [1.29, 1.82) is 0 Å². The van der Waals surface area contributed by atoms with Crippen molar-refractivity contribution in [2.45, 2.75) is 39.2 Å². The smallest absolute Gasteiger partial charge is 0.228 e. The van der Waals surface area contributed by atoms with Crippen LogP contribution in [0.25, 0.3) is 16.6 Å². The van der Waals surface area contributed by atoms with E-state index in [2.05, 4.69) is 71.8 Å². The molecule has 5 heteroatoms. The van der Waals surface area contributed by atoms with Crippen LogP contribution in [0.2, 0.25) is 0 Å². The summed E-state index contributed by atoms with van der Waals surface area (Å²) in [6.45, 7) is 6.30. The molecule has 0 bridgehead atoms. The lowest BCUT2D eigenvalue weighted by atomic mass is 10.0. The molecule has 1 aromatic heterocycles. The lowest BCUT2D eigenvalue weighted by molar-refractivity contribution is 0.478. The van der Waals surface area contributed by atoms with Gasteiger partial charge < -0.3 is 15.5 Å². The van der Waals surface area contributed by atoms with Crippen LogP contribution in [0.4, 0.5) is 17.5 Å². The number of fused-ring (bicyclic) bond motifs is 2. The first kappa shape index (κ1) is 18.0. The standard InChI is InChI=1S/C24H27N5/c1-16-15-25-20-12-5-3-10-18(20)22(16)27-23-19-11-4-6-13-21(19)26-24(28-23)29-14-8-7-9-17(29)2/h3-6,10-13,17,25H,7-9,14-15H2,1-2H3,(H,26,27,28). The molecule has 1 saturated heterocycles. The van der Waals surface area contributed by atoms with E-state index in [9.17, 15) is 0 Å². The van der Waals surface area contributed by atoms with E-state index in [1.165, 1.54) is 30.4 Å². The number of hydrogen-bond donors (Lipinski definition) is 2. The van der Waals surface area contributed by atoms with Gasteiger partial charge in [0.25, 0.3) is 0 Å². The van der Waals surface area contributed by atoms with Crippen LogP contribution in [-0.2, 0) is 0 Å². The number of aromatic nitrogens is 2. The minimum absolute atomic E-state index is 0.471. The quantitative estimate of drug-likeness (QED) is 0.643. The van der Waals surface area contributed by atoms with Gasteiger partial charge in [-0.2, -0.15) is 4.98 Å². The second-order valence-corrected chi connectivity index (χ2v) is 8.11. The van der Waals surface area contributed by atoms with Gasteiger partial charge in [0.05, 0.1) is 5.52 Å². The highest BCUT2D eigenvalue weighted by atomic mass is 15.3. The number of hydrogen-bond acceptors (Lipinski definition) is 5. The summed E-state index contributed by atoms with van der Waals surface area (Å²) in [7, 11) is 0. The molecule has 0 saturated carbocycles. The number of anilines is 3. The Kier molecular flexibility index (Phi) is 4.58. The van der Waals surface area contributed by atoms with Crippen LogP contribution < -0.4 is 15.5 Å². The molecule has 2 N–H and O–H groups in total. The molecule has 3 heterocycles. The topological polar surface area (TPSA) is 53.1 Å². The monoisotopic (exact) mass is 385 g/mol. The van der Waals surface area contributed by atoms with Gasteiger partial charge in [0.15, 0.2) is 0 Å². The van der Waals surface area contributed by atoms with E-state index in [0.29, 0.717) is 6.04 Å². The molecule has 0 spiro atoms. The molecule has 1 atom stereocenters. The Morgan fingerprint density at radius 3 is 2.76 bits per heavy atom. The van der Waals surface area contributed by atoms with Crippen LogP contribution >= 0.6 is 0 Å². The maximum atomic E-state index is 5.03. The Morgan fingerprint density at radius 2 is 1.86 bits per heavy atom. The van der Waals surface area contributed by atoms with Crippen molar-refractivity contribution < 1.29 is 0 Å². The SMILES string of the molecule is CC1=C(Nc2nc(N3CCCCC3C)nc3ccccc23)c2ccccc2NC1. The second-order valence-electron chi connectivity index (χ2n) is 8.11. The van der Waals surface area contributed by atoms with Crippen LogP contribution in [-0.4, -0.2) is 29.1 Å². The Balaban J connectivity index is 1.61. The predicted octanol–water partition coefficient (Wildman–Crippen LogP) is 5.28. The first-order chi connectivity index (χ1) is 14.2. The van der Waals surface area contributed by atoms with Gasteiger partial charge in [-0.05, 0) is 56.9 Å². The van der Waals surface area contributed by atoms with Gasteiger partial charge in [0.1, 0.15) is 5.82 Å². The highest BCUT2D eigenvalue weighted by Crippen LogP contribution is 2.34. The molecule has 5 nitrogen and oxygen atoms in total. The fourth-order valence-corrected chi connectivity index (χ4v) is 4.38. The molecule has 148 valence electrons. The maximum Gasteiger partial charge on any atom is 0.228 e. The Labute approximate surface area is 171 Å². The normalized spacial score (nSPS) is 19.1. The largest absolute Gasteiger partial charge is 0.381 e. The summed E-state index contributed by atoms with van der Waals surface area (Å²) in [5, 5.41) is 8.23. The van der Waals surface area contributed by atoms with E-state index in [-0.39, 0.29) is 0 Å². The number of piperidine rings is 1. The average molecular weight is 386 g/mol. The van der Waals surface area contributed by atoms with Crippen LogP contribution in [0.5, 0.6) is 0 Å². The molecule has 1 unspecified atom stereocenters. The van der Waals surface area contributed by atoms with Crippen molar-refractivity contribution in [3.05, 3.63) is 59.7 Å². The first-order valence-corrected chi connectivity index (χ1v) is 10.5. The molecule has 29 heavy (non-hydrogen) atoms. The van der Waals surface area contributed by atoms with Crippen LogP contribution in [0.3, 0.4) is 0 Å². The van der Waals surface area contributed by atoms with E-state index in [4.69, 9.17) is 9.97 Å². The molecule has 0 radical (unpaired) electrons. The zero-order chi connectivity index (χ0) is 19.8. The van der Waals surface area contributed by atoms with Gasteiger partial charge >= 0.3 is 0 Å². The van der Waals surface area contributed by atoms with Crippen LogP contribution in [0.1, 0.15) is 38.7 Å². The summed E-state index contributed by atoms with van der Waals surface area (Å²) < 4.78 is 0. The Hall–Kier alpha value is -3.08. The first-order valence-electron chi connectivity index (χ1n) is 10.5. The molecule has 3 aromatic rings. The Morgan fingerprint density at radius 1 is 1.03 bits per heavy atom. The van der Waals surface area contributed by atoms with Crippen molar-refractivity contribution in [3.63, 3.8) is 0 Å². The zero-order valence-corrected chi connectivity index (χ0v) is 17.1. The third kappa shape index (κ3) is 3.31. The number of benzene rings is 2. The van der Waals surface area contributed by atoms with E-state index in [0.717, 1.165) is 47.1 Å². The summed E-state index contributed by atoms with van der Waals surface area (Å²) in [5.74, 6) is 1.72. The molecular formula is C24H27N5. The highest BCUT2D eigenvalue weighted by molar-refractivity contribution is 5.96. The summed E-state index contributed by atoms with van der Waals surface area (Å²) in [5.41, 5.74) is 5.74. The Bertz CT molecular complexity index is 1090. The average Bonchev–Trinajstić information content (AvgIpc) is 2.76. The van der Waals surface area contributed by atoms with Crippen LogP contribution in [0, 0.1) is 0 Å². The third-order valence-electron chi connectivity index (χ3n) is 6.06. The molecule has 2 aromatic carbocycles. The van der Waals surface area contributed by atoms with Gasteiger partial charge in [-0.3, -0.25) is 0 Å². The van der Waals surface area contributed by atoms with Crippen molar-refractivity contribution in [1.82, 2.24) is 9.97 Å². The third-order valence-corrected chi connectivity index (χ3v) is 6.06. The summed E-state index contributed by atoms with van der Waals surface area (Å²) in [6.07, 6.45) is 3.68. The highest BCUT2D eigenvalue weighted by Gasteiger charge is 2.23. The maximum absolute atomic E-state index is 5.03. The molecule has 1 fully saturated rings. The number of para-hydroxylation sites is 2. The zero-order valence-electron chi connectivity index (χ0n) is 17.1. The number of nitrogens with one attached hydrogen (secondary N) is 2. The van der Waals surface area contributed by atoms with Crippen LogP contribution in [0.15, 0.2) is 54.1 Å². The van der Waals surface area contributed by atoms with E-state index in [1.807, 2.05) is 6.07 Å². The number of nitrogens with zero attached hydrogens (tertiary/aromatic N) is 3. The van der Waals surface area contributed by atoms with Gasteiger partial charge in [0.2, 0.25) is 5.95 Å². The molecule has 0 aliphatic carbocycles. The van der Waals surface area contributed by atoms with Crippen molar-refractivity contribution in [2.24, 2.45) is 0 Å². The fourth-order valence-electron chi connectivity index (χ4n) is 4.38. The lowest BCUT2D eigenvalue weighted by Gasteiger charge is -2.34. The molecular weight excluding hydrogens is 358 g/mol. The summed E-state index contributed by atoms with van der Waals surface area (Å²) >= 11 is 0. The minimum Gasteiger partial charge on any atom is -0.381 e. The van der Waals surface area contributed by atoms with Gasteiger partial charge in [0, 0.05) is 41.5 Å². The fraction of sp³-hybridized carbons (Fsp3) is 0.333. The predicted molar refractivity (Wildman–Crippen MR) is 121 cm³/mol. The summed E-state index contributed by atoms with van der Waals surface area (Å²) in [4.78, 5) is 12.3. The van der Waals surface area contributed by atoms with Gasteiger partial charge in [-0.15, -0.1) is 0 Å². The molecule has 5 rings (SSSR count). The summed E-state index contributed by atoms with van der Waals surface area (Å²) in [6, 6.07) is 17.2. The van der Waals surface area contributed by atoms with Gasteiger partial charge in [-0.25, -0.2) is 4.98 Å². The number of rotatable bonds is 3. The molecule has 0 amide bonds. The minimum atomic E-state index is 0.471. The molecule has 2 aliphatic rings. The van der Waals surface area contributed by atoms with Crippen molar-refractivity contribution >= 4 is 34.1 Å². The van der Waals surface area contributed by atoms with E-state index < -0.39 is 0 Å². The van der Waals surface area contributed by atoms with Crippen molar-refractivity contribution in [3.8, 4) is 0 Å². The lowest BCUT2D eigenvalue weighted by Crippen LogP contribution is -2.38. The van der Waals surface area contributed by atoms with E-state index >= 15 is 0 Å². The second kappa shape index (κ2) is 7.39. The van der Waals surface area contributed by atoms with Gasteiger partial charge in [-0.1, -0.05) is 30.3 Å². The van der Waals surface area contributed by atoms with E-state index in [1.54, 1.807) is 0 Å².